The minimum absolute atomic E-state index is 0.717. The summed E-state index contributed by atoms with van der Waals surface area (Å²) in [5, 5.41) is 14.4. The van der Waals surface area contributed by atoms with E-state index in [1.165, 1.54) is 0 Å². The topological polar surface area (TPSA) is 66.7 Å². The van der Waals surface area contributed by atoms with E-state index >= 15 is 0 Å². The number of hydrogen-bond acceptors (Lipinski definition) is 4. The number of aromatic nitrogens is 3. The van der Waals surface area contributed by atoms with Crippen molar-refractivity contribution in [2.45, 2.75) is 27.3 Å². The molecule has 0 unspecified atom stereocenters. The lowest BCUT2D eigenvalue weighted by atomic mass is 10.1. The van der Waals surface area contributed by atoms with Gasteiger partial charge in [0.05, 0.1) is 5.69 Å². The number of nitrogens with zero attached hydrogens (tertiary/aromatic N) is 2. The molecule has 0 fully saturated rings. The lowest BCUT2D eigenvalue weighted by molar-refractivity contribution is 0.425. The van der Waals surface area contributed by atoms with Crippen LogP contribution in [0.25, 0.3) is 11.5 Å². The monoisotopic (exact) mass is 220 g/mol. The molecule has 2 aromatic rings. The molecule has 0 radical (unpaired) electrons. The summed E-state index contributed by atoms with van der Waals surface area (Å²) in [7, 11) is 0. The molecule has 2 rings (SSSR count). The third-order valence-electron chi connectivity index (χ3n) is 2.49. The van der Waals surface area contributed by atoms with Gasteiger partial charge < -0.3 is 9.84 Å². The molecule has 0 amide bonds. The summed E-state index contributed by atoms with van der Waals surface area (Å²) >= 11 is 0. The Morgan fingerprint density at radius 2 is 2.25 bits per heavy atom. The summed E-state index contributed by atoms with van der Waals surface area (Å²) in [4.78, 5) is 0. The quantitative estimate of drug-likeness (QED) is 0.824. The van der Waals surface area contributed by atoms with Crippen LogP contribution in [0, 0.1) is 13.8 Å². The number of nitrogens with one attached hydrogen (secondary N) is 2. The van der Waals surface area contributed by atoms with E-state index in [9.17, 15) is 0 Å². The molecule has 0 aliphatic carbocycles. The SMILES string of the molecule is CCNCc1c(-c2cc(C)no2)n[nH]c1C. The smallest absolute Gasteiger partial charge is 0.187 e. The van der Waals surface area contributed by atoms with Crippen molar-refractivity contribution in [1.29, 1.82) is 0 Å². The molecule has 0 spiro atoms. The Labute approximate surface area is 94.2 Å². The first-order chi connectivity index (χ1) is 7.72. The number of aromatic amines is 1. The van der Waals surface area contributed by atoms with Crippen molar-refractivity contribution in [2.24, 2.45) is 0 Å². The summed E-state index contributed by atoms with van der Waals surface area (Å²) < 4.78 is 5.22. The van der Waals surface area contributed by atoms with Crippen LogP contribution in [0.5, 0.6) is 0 Å². The Kier molecular flexibility index (Phi) is 3.05. The second-order valence-electron chi connectivity index (χ2n) is 3.79. The molecule has 0 atom stereocenters. The highest BCUT2D eigenvalue weighted by Gasteiger charge is 2.15. The highest BCUT2D eigenvalue weighted by atomic mass is 16.5. The highest BCUT2D eigenvalue weighted by molar-refractivity contribution is 5.58. The Morgan fingerprint density at radius 1 is 1.44 bits per heavy atom. The fraction of sp³-hybridized carbons (Fsp3) is 0.455. The van der Waals surface area contributed by atoms with Crippen LogP contribution >= 0.6 is 0 Å². The number of hydrogen-bond donors (Lipinski definition) is 2. The van der Waals surface area contributed by atoms with Gasteiger partial charge in [-0.2, -0.15) is 5.10 Å². The Hall–Kier alpha value is -1.62. The standard InChI is InChI=1S/C11H16N4O/c1-4-12-6-9-8(3)13-14-11(9)10-5-7(2)15-16-10/h5,12H,4,6H2,1-3H3,(H,13,14). The fourth-order valence-corrected chi connectivity index (χ4v) is 1.60. The summed E-state index contributed by atoms with van der Waals surface area (Å²) in [5.74, 6) is 0.717. The first-order valence-corrected chi connectivity index (χ1v) is 5.40. The average molecular weight is 220 g/mol. The predicted molar refractivity (Wildman–Crippen MR) is 60.9 cm³/mol. The van der Waals surface area contributed by atoms with E-state index in [-0.39, 0.29) is 0 Å². The van der Waals surface area contributed by atoms with Crippen LogP contribution < -0.4 is 5.32 Å². The molecule has 2 aromatic heterocycles. The van der Waals surface area contributed by atoms with Gasteiger partial charge in [0, 0.05) is 23.9 Å². The van der Waals surface area contributed by atoms with Crippen molar-refractivity contribution in [3.63, 3.8) is 0 Å². The zero-order chi connectivity index (χ0) is 11.5. The minimum atomic E-state index is 0.717. The van der Waals surface area contributed by atoms with Gasteiger partial charge in [-0.15, -0.1) is 0 Å². The molecule has 0 aliphatic rings. The summed E-state index contributed by atoms with van der Waals surface area (Å²) in [6, 6.07) is 1.89. The highest BCUT2D eigenvalue weighted by Crippen LogP contribution is 2.23. The largest absolute Gasteiger partial charge is 0.354 e. The number of aryl methyl sites for hydroxylation is 2. The van der Waals surface area contributed by atoms with Gasteiger partial charge in [0.1, 0.15) is 5.69 Å². The van der Waals surface area contributed by atoms with Crippen LogP contribution in [0.3, 0.4) is 0 Å². The second-order valence-corrected chi connectivity index (χ2v) is 3.79. The Morgan fingerprint density at radius 3 is 2.88 bits per heavy atom. The van der Waals surface area contributed by atoms with E-state index in [0.717, 1.165) is 41.5 Å². The third-order valence-corrected chi connectivity index (χ3v) is 2.49. The fourth-order valence-electron chi connectivity index (χ4n) is 1.60. The molecular weight excluding hydrogens is 204 g/mol. The number of H-pyrrole nitrogens is 1. The second kappa shape index (κ2) is 4.49. The summed E-state index contributed by atoms with van der Waals surface area (Å²) in [6.07, 6.45) is 0. The average Bonchev–Trinajstić information content (AvgIpc) is 2.82. The third kappa shape index (κ3) is 1.99. The molecule has 86 valence electrons. The Bertz CT molecular complexity index is 472. The van der Waals surface area contributed by atoms with E-state index < -0.39 is 0 Å². The van der Waals surface area contributed by atoms with Gasteiger partial charge in [-0.1, -0.05) is 12.1 Å². The van der Waals surface area contributed by atoms with Crippen LogP contribution in [0.2, 0.25) is 0 Å². The van der Waals surface area contributed by atoms with Crippen molar-refractivity contribution in [3.8, 4) is 11.5 Å². The molecule has 0 saturated carbocycles. The molecular formula is C11H16N4O. The normalized spacial score (nSPS) is 10.9. The van der Waals surface area contributed by atoms with Gasteiger partial charge >= 0.3 is 0 Å². The van der Waals surface area contributed by atoms with E-state index in [1.807, 2.05) is 19.9 Å². The molecule has 2 N–H and O–H groups in total. The van der Waals surface area contributed by atoms with Gasteiger partial charge in [-0.3, -0.25) is 5.10 Å². The maximum Gasteiger partial charge on any atom is 0.187 e. The molecule has 0 saturated heterocycles. The molecule has 0 aromatic carbocycles. The minimum Gasteiger partial charge on any atom is -0.354 e. The summed E-state index contributed by atoms with van der Waals surface area (Å²) in [6.45, 7) is 7.70. The molecule has 5 nitrogen and oxygen atoms in total. The van der Waals surface area contributed by atoms with Crippen LogP contribution in [0.4, 0.5) is 0 Å². The predicted octanol–water partition coefficient (Wildman–Crippen LogP) is 1.79. The van der Waals surface area contributed by atoms with Gasteiger partial charge in [0.25, 0.3) is 0 Å². The van der Waals surface area contributed by atoms with Gasteiger partial charge in [0.2, 0.25) is 0 Å². The van der Waals surface area contributed by atoms with E-state index in [4.69, 9.17) is 4.52 Å². The van der Waals surface area contributed by atoms with Gasteiger partial charge in [-0.05, 0) is 20.4 Å². The van der Waals surface area contributed by atoms with E-state index in [0.29, 0.717) is 0 Å². The van der Waals surface area contributed by atoms with Crippen LogP contribution in [0.15, 0.2) is 10.6 Å². The van der Waals surface area contributed by atoms with Crippen molar-refractivity contribution in [3.05, 3.63) is 23.0 Å². The van der Waals surface area contributed by atoms with Crippen LogP contribution in [-0.4, -0.2) is 21.9 Å². The lowest BCUT2D eigenvalue weighted by Crippen LogP contribution is -2.12. The van der Waals surface area contributed by atoms with Crippen molar-refractivity contribution < 1.29 is 4.52 Å². The molecule has 2 heterocycles. The van der Waals surface area contributed by atoms with E-state index in [2.05, 4.69) is 27.6 Å². The molecule has 0 aliphatic heterocycles. The molecule has 0 bridgehead atoms. The summed E-state index contributed by atoms with van der Waals surface area (Å²) in [5.41, 5.74) is 3.91. The van der Waals surface area contributed by atoms with Gasteiger partial charge in [0.15, 0.2) is 5.76 Å². The van der Waals surface area contributed by atoms with E-state index in [1.54, 1.807) is 0 Å². The first kappa shape index (κ1) is 10.9. The lowest BCUT2D eigenvalue weighted by Gasteiger charge is -2.01. The van der Waals surface area contributed by atoms with Crippen molar-refractivity contribution in [1.82, 2.24) is 20.7 Å². The van der Waals surface area contributed by atoms with Crippen molar-refractivity contribution >= 4 is 0 Å². The van der Waals surface area contributed by atoms with Crippen LogP contribution in [0.1, 0.15) is 23.9 Å². The molecule has 5 heteroatoms. The van der Waals surface area contributed by atoms with Crippen molar-refractivity contribution in [2.75, 3.05) is 6.54 Å². The first-order valence-electron chi connectivity index (χ1n) is 5.40. The number of rotatable bonds is 4. The zero-order valence-corrected chi connectivity index (χ0v) is 9.79. The zero-order valence-electron chi connectivity index (χ0n) is 9.79. The van der Waals surface area contributed by atoms with Gasteiger partial charge in [-0.25, -0.2) is 0 Å². The maximum absolute atomic E-state index is 5.22. The Balaban J connectivity index is 2.33. The van der Waals surface area contributed by atoms with Crippen LogP contribution in [-0.2, 0) is 6.54 Å². The maximum atomic E-state index is 5.22. The molecule has 16 heavy (non-hydrogen) atoms.